The van der Waals surface area contributed by atoms with Gasteiger partial charge in [-0.3, -0.25) is 52.7 Å². The van der Waals surface area contributed by atoms with Crippen LogP contribution in [0.4, 0.5) is 5.69 Å². The fourth-order valence-corrected chi connectivity index (χ4v) is 12.8. The molecule has 574 valence electrons. The maximum Gasteiger partial charge on any atom is 0.337 e. The molecule has 0 bridgehead atoms. The maximum atomic E-state index is 15.2. The van der Waals surface area contributed by atoms with Crippen molar-refractivity contribution < 1.29 is 97.6 Å². The number of ether oxygens (including phenoxy) is 2. The predicted octanol–water partition coefficient (Wildman–Crippen LogP) is -0.885. The first-order valence-electron chi connectivity index (χ1n) is 34.4. The number of rotatable bonds is 37. The summed E-state index contributed by atoms with van der Waals surface area (Å²) in [6.07, 6.45) is -8.14. The Kier molecular flexibility index (Phi) is 34.3. The van der Waals surface area contributed by atoms with Crippen molar-refractivity contribution in [1.29, 1.82) is 0 Å². The topological polar surface area (TPSA) is 441 Å². The minimum Gasteiger partial charge on any atom is -0.478 e. The van der Waals surface area contributed by atoms with Crippen LogP contribution in [0.3, 0.4) is 0 Å². The monoisotopic (exact) mass is 1430 g/mol. The van der Waals surface area contributed by atoms with Gasteiger partial charge < -0.3 is 101 Å². The number of carbonyl (C=O) groups is 12. The highest BCUT2D eigenvalue weighted by atomic mass is 16.7. The van der Waals surface area contributed by atoms with E-state index in [0.29, 0.717) is 6.42 Å². The molecule has 1 aromatic rings. The molecule has 0 spiro atoms. The fraction of sp³-hybridized carbons (Fsp3) is 0.739. The van der Waals surface area contributed by atoms with Crippen LogP contribution in [0.25, 0.3) is 0 Å². The van der Waals surface area contributed by atoms with E-state index in [9.17, 15) is 69.0 Å². The zero-order chi connectivity index (χ0) is 78.2. The first-order valence-corrected chi connectivity index (χ1v) is 34.4. The number of hydrogen-bond donors (Lipinski definition) is 11. The van der Waals surface area contributed by atoms with Crippen LogP contribution >= 0.6 is 0 Å². The van der Waals surface area contributed by atoms with E-state index in [-0.39, 0.29) is 11.3 Å². The van der Waals surface area contributed by atoms with Crippen molar-refractivity contribution in [2.75, 3.05) is 74.4 Å². The number of carbonyl (C=O) groups excluding carboxylic acids is 11. The predicted molar refractivity (Wildman–Crippen MR) is 373 cm³/mol. The van der Waals surface area contributed by atoms with Crippen LogP contribution in [-0.4, -0.2) is 302 Å². The molecule has 1 fully saturated rings. The zero-order valence-electron chi connectivity index (χ0n) is 63.4. The van der Waals surface area contributed by atoms with Crippen LogP contribution in [0.5, 0.6) is 0 Å². The van der Waals surface area contributed by atoms with Crippen LogP contribution in [0.1, 0.15) is 134 Å². The second-order valence-electron chi connectivity index (χ2n) is 28.9. The molecule has 1 aliphatic heterocycles. The van der Waals surface area contributed by atoms with Gasteiger partial charge in [-0.2, -0.15) is 0 Å². The van der Waals surface area contributed by atoms with Gasteiger partial charge in [0.25, 0.3) is 0 Å². The van der Waals surface area contributed by atoms with Crippen LogP contribution in [0.15, 0.2) is 24.3 Å². The lowest BCUT2D eigenvalue weighted by atomic mass is 9.93. The smallest absolute Gasteiger partial charge is 0.337 e. The summed E-state index contributed by atoms with van der Waals surface area (Å²) in [6.45, 7) is 24.9. The van der Waals surface area contributed by atoms with Crippen LogP contribution in [0, 0.1) is 41.4 Å². The summed E-state index contributed by atoms with van der Waals surface area (Å²) in [7, 11) is 9.30. The summed E-state index contributed by atoms with van der Waals surface area (Å²) in [4.78, 5) is 179. The number of carboxylic acids is 1. The average Bonchev–Trinajstić information content (AvgIpc) is 1.68. The summed E-state index contributed by atoms with van der Waals surface area (Å²) >= 11 is 0. The van der Waals surface area contributed by atoms with E-state index in [1.165, 1.54) is 96.0 Å². The van der Waals surface area contributed by atoms with Crippen LogP contribution in [0.2, 0.25) is 0 Å². The summed E-state index contributed by atoms with van der Waals surface area (Å²) in [5.74, 6) is -16.7. The number of hydrogen-bond acceptors (Lipinski definition) is 20. The summed E-state index contributed by atoms with van der Waals surface area (Å²) in [6, 6.07) is -8.03. The highest BCUT2D eigenvalue weighted by Gasteiger charge is 2.57. The van der Waals surface area contributed by atoms with Gasteiger partial charge in [0.1, 0.15) is 79.3 Å². The fourth-order valence-electron chi connectivity index (χ4n) is 12.8. The Hall–Kier alpha value is -7.46. The average molecular weight is 1440 g/mol. The second kappa shape index (κ2) is 38.7. The molecule has 0 unspecified atom stereocenters. The Labute approximate surface area is 594 Å². The van der Waals surface area contributed by atoms with Gasteiger partial charge in [-0.25, -0.2) is 4.79 Å². The number of nitrogens with one attached hydrogen (secondary N) is 4. The van der Waals surface area contributed by atoms with Gasteiger partial charge in [0.05, 0.1) is 42.7 Å². The van der Waals surface area contributed by atoms with Crippen molar-refractivity contribution in [3.63, 3.8) is 0 Å². The lowest BCUT2D eigenvalue weighted by Crippen LogP contribution is -2.65. The normalized spacial score (nSPS) is 20.0. The molecule has 0 radical (unpaired) electrons. The molecule has 0 aromatic heterocycles. The second-order valence-corrected chi connectivity index (χ2v) is 28.9. The highest BCUT2D eigenvalue weighted by molar-refractivity contribution is 6.03. The molecule has 1 aromatic carbocycles. The Morgan fingerprint density at radius 3 is 1.29 bits per heavy atom. The molecule has 17 atom stereocenters. The third kappa shape index (κ3) is 21.8. The SMILES string of the molecule is CC[C@H](C)[C@H](NC(=O)[C@H](C(C)C)N(C)C(=O)[C@H](C(C)C)N(C)C(=O)[C@H](C(C)C)N(C)C(=O)[C@@H](NC(=O)[C@H](C(C)C)N(C)C(=O)[C@H]([C@@H](C)O[C@]1(CO)O[C@H](CO)[C@@H](O)[C@@H]1O)N(C)C(=O)[C@@H](NC(=O)[C@H](C)N)[C@@H](C)O)C(C)C)C(=O)N(C)[C@H](C(=O)N(C)CC(=O)Nc1ccccc1C(=O)O)C(C)C. The van der Waals surface area contributed by atoms with Gasteiger partial charge in [0.15, 0.2) is 0 Å². The van der Waals surface area contributed by atoms with E-state index in [0.717, 1.165) is 26.6 Å². The summed E-state index contributed by atoms with van der Waals surface area (Å²) in [5, 5.41) is 73.2. The zero-order valence-corrected chi connectivity index (χ0v) is 63.4. The number of likely N-dealkylation sites (N-methyl/N-ethyl adjacent to an activating group) is 7. The van der Waals surface area contributed by atoms with E-state index in [4.69, 9.17) is 15.2 Å². The van der Waals surface area contributed by atoms with Gasteiger partial charge in [-0.05, 0) is 74.3 Å². The number of aliphatic hydroxyl groups is 5. The molecule has 1 saturated heterocycles. The first kappa shape index (κ1) is 89.6. The Balaban J connectivity index is 2.59. The largest absolute Gasteiger partial charge is 0.478 e. The standard InChI is InChI=1S/C69H118N12O20/c1-25-39(14)48(62(92)78(21)52(36(8)9)64(94)75(18)30-46(85)71-44-29-27-26-28-43(44)68(98)99)73-60(90)51(35(6)7)76(19)65(95)54(38(12)13)80(23)66(96)53(37(10)11)79(22)61(91)47(33(2)3)72-59(89)50(34(4)5)77(20)67(97)55(81(24)63(93)49(41(16)84)74-58(88)40(15)70)42(17)100-69(32-83)57(87)56(86)45(31-82)101-69/h26-29,33-42,45,47-57,82-84,86-87H,25,30-32,70H2,1-24H3,(H,71,85)(H,72,89)(H,73,90)(H,74,88)(H,98,99)/t39-,40-,41+,42+,45+,47-,48-,49-,50-,51-,52-,53-,54-,55-,56+,57-,69+/m0/s1. The Bertz CT molecular complexity index is 3040. The van der Waals surface area contributed by atoms with E-state index >= 15 is 19.2 Å². The van der Waals surface area contributed by atoms with Crippen molar-refractivity contribution in [3.8, 4) is 0 Å². The van der Waals surface area contributed by atoms with Crippen LogP contribution in [-0.2, 0) is 62.2 Å². The summed E-state index contributed by atoms with van der Waals surface area (Å²) < 4.78 is 11.7. The van der Waals surface area contributed by atoms with E-state index < -0.39 is 229 Å². The molecule has 1 heterocycles. The van der Waals surface area contributed by atoms with Gasteiger partial charge >= 0.3 is 5.97 Å². The minimum atomic E-state index is -2.49. The number of benzene rings is 1. The number of aromatic carboxylic acids is 1. The van der Waals surface area contributed by atoms with Gasteiger partial charge in [-0.1, -0.05) is 115 Å². The number of para-hydroxylation sites is 1. The molecule has 1 aliphatic rings. The molecular formula is C69H118N12O20. The summed E-state index contributed by atoms with van der Waals surface area (Å²) in [5.41, 5.74) is 5.63. The van der Waals surface area contributed by atoms with E-state index in [1.807, 2.05) is 6.92 Å². The minimum absolute atomic E-state index is 0.0232. The van der Waals surface area contributed by atoms with Crippen molar-refractivity contribution in [3.05, 3.63) is 29.8 Å². The number of amides is 11. The molecule has 101 heavy (non-hydrogen) atoms. The lowest BCUT2D eigenvalue weighted by molar-refractivity contribution is -0.296. The van der Waals surface area contributed by atoms with Crippen molar-refractivity contribution >= 4 is 76.6 Å². The highest BCUT2D eigenvalue weighted by Crippen LogP contribution is 2.35. The third-order valence-corrected chi connectivity index (χ3v) is 18.7. The maximum absolute atomic E-state index is 15.2. The number of aliphatic hydroxyl groups excluding tert-OH is 5. The molecule has 12 N–H and O–H groups in total. The van der Waals surface area contributed by atoms with Gasteiger partial charge in [0.2, 0.25) is 70.8 Å². The molecule has 32 heteroatoms. The molecule has 0 aliphatic carbocycles. The van der Waals surface area contributed by atoms with Crippen LogP contribution < -0.4 is 27.0 Å². The van der Waals surface area contributed by atoms with Crippen molar-refractivity contribution in [1.82, 2.24) is 50.2 Å². The van der Waals surface area contributed by atoms with Crippen molar-refractivity contribution in [2.24, 2.45) is 47.2 Å². The quantitative estimate of drug-likeness (QED) is 0.0385. The molecule has 0 saturated carbocycles. The number of carboxylic acid groups (broad SMARTS) is 1. The van der Waals surface area contributed by atoms with Crippen molar-refractivity contribution in [2.45, 2.75) is 221 Å². The molecular weight excluding hydrogens is 1320 g/mol. The van der Waals surface area contributed by atoms with Gasteiger partial charge in [0, 0.05) is 49.3 Å². The lowest BCUT2D eigenvalue weighted by Gasteiger charge is -2.42. The van der Waals surface area contributed by atoms with E-state index in [2.05, 4.69) is 21.3 Å². The number of anilines is 1. The first-order chi connectivity index (χ1) is 46.6. The molecule has 11 amide bonds. The van der Waals surface area contributed by atoms with E-state index in [1.54, 1.807) is 96.1 Å². The van der Waals surface area contributed by atoms with Gasteiger partial charge in [-0.15, -0.1) is 0 Å². The number of nitrogens with two attached hydrogens (primary N) is 1. The molecule has 32 nitrogen and oxygen atoms in total. The Morgan fingerprint density at radius 2 is 0.901 bits per heavy atom. The Morgan fingerprint density at radius 1 is 0.525 bits per heavy atom. The number of nitrogens with zero attached hydrogens (tertiary/aromatic N) is 7. The third-order valence-electron chi connectivity index (χ3n) is 18.7. The molecule has 2 rings (SSSR count).